The third kappa shape index (κ3) is 5.64. The van der Waals surface area contributed by atoms with E-state index in [1.54, 1.807) is 0 Å². The number of hydrogen-bond acceptors (Lipinski definition) is 1. The molecular weight excluding hydrogens is 170 g/mol. The van der Waals surface area contributed by atoms with Crippen LogP contribution < -0.4 is 0 Å². The summed E-state index contributed by atoms with van der Waals surface area (Å²) in [5, 5.41) is 0. The van der Waals surface area contributed by atoms with Crippen LogP contribution in [-0.4, -0.2) is 24.5 Å². The molecule has 0 N–H and O–H groups in total. The number of nitrogens with zero attached hydrogens (tertiary/aromatic N) is 1. The van der Waals surface area contributed by atoms with Gasteiger partial charge >= 0.3 is 0 Å². The second kappa shape index (κ2) is 5.75. The summed E-state index contributed by atoms with van der Waals surface area (Å²) >= 11 is 0. The van der Waals surface area contributed by atoms with E-state index in [9.17, 15) is 0 Å². The van der Waals surface area contributed by atoms with Crippen LogP contribution in [0.15, 0.2) is 0 Å². The fourth-order valence-electron chi connectivity index (χ4n) is 1.85. The first kappa shape index (κ1) is 14.0. The predicted octanol–water partition coefficient (Wildman–Crippen LogP) is 3.79. The van der Waals surface area contributed by atoms with E-state index in [1.807, 2.05) is 0 Å². The Kier molecular flexibility index (Phi) is 5.73. The van der Waals surface area contributed by atoms with Crippen molar-refractivity contribution < 1.29 is 0 Å². The molecule has 0 amide bonds. The lowest BCUT2D eigenvalue weighted by Crippen LogP contribution is -2.32. The topological polar surface area (TPSA) is 3.24 Å². The molecule has 0 aromatic heterocycles. The second-order valence-corrected chi connectivity index (χ2v) is 5.86. The van der Waals surface area contributed by atoms with Crippen molar-refractivity contribution in [2.75, 3.05) is 13.6 Å². The Balaban J connectivity index is 3.92. The van der Waals surface area contributed by atoms with Gasteiger partial charge in [0, 0.05) is 12.6 Å². The third-order valence-electron chi connectivity index (χ3n) is 3.34. The van der Waals surface area contributed by atoms with Crippen LogP contribution in [0.2, 0.25) is 0 Å². The van der Waals surface area contributed by atoms with E-state index in [1.165, 1.54) is 19.4 Å². The molecule has 0 spiro atoms. The molecule has 0 aliphatic heterocycles. The minimum Gasteiger partial charge on any atom is -0.304 e. The Bertz CT molecular complexity index is 149. The van der Waals surface area contributed by atoms with Gasteiger partial charge in [0.15, 0.2) is 0 Å². The first-order valence-electron chi connectivity index (χ1n) is 5.98. The third-order valence-corrected chi connectivity index (χ3v) is 3.34. The van der Waals surface area contributed by atoms with Crippen molar-refractivity contribution in [2.45, 2.75) is 60.4 Å². The molecule has 0 rings (SSSR count). The maximum atomic E-state index is 2.44. The minimum atomic E-state index is 0.511. The van der Waals surface area contributed by atoms with Crippen LogP contribution in [0.4, 0.5) is 0 Å². The van der Waals surface area contributed by atoms with Gasteiger partial charge in [-0.05, 0) is 38.6 Å². The van der Waals surface area contributed by atoms with Gasteiger partial charge in [-0.2, -0.15) is 0 Å². The predicted molar refractivity (Wildman–Crippen MR) is 65.6 cm³/mol. The van der Waals surface area contributed by atoms with E-state index in [4.69, 9.17) is 0 Å². The van der Waals surface area contributed by atoms with Gasteiger partial charge in [-0.3, -0.25) is 0 Å². The van der Waals surface area contributed by atoms with E-state index >= 15 is 0 Å². The first-order chi connectivity index (χ1) is 6.28. The maximum Gasteiger partial charge on any atom is 0.00356 e. The van der Waals surface area contributed by atoms with Crippen molar-refractivity contribution in [1.29, 1.82) is 0 Å². The van der Waals surface area contributed by atoms with Crippen LogP contribution in [-0.2, 0) is 0 Å². The van der Waals surface area contributed by atoms with Gasteiger partial charge in [-0.15, -0.1) is 0 Å². The van der Waals surface area contributed by atoms with Crippen molar-refractivity contribution in [1.82, 2.24) is 4.90 Å². The molecule has 1 unspecified atom stereocenters. The summed E-state index contributed by atoms with van der Waals surface area (Å²) in [7, 11) is 2.22. The lowest BCUT2D eigenvalue weighted by molar-refractivity contribution is 0.188. The quantitative estimate of drug-likeness (QED) is 0.629. The zero-order valence-corrected chi connectivity index (χ0v) is 11.2. The fourth-order valence-corrected chi connectivity index (χ4v) is 1.85. The van der Waals surface area contributed by atoms with Crippen molar-refractivity contribution in [3.8, 4) is 0 Å². The largest absolute Gasteiger partial charge is 0.304 e. The van der Waals surface area contributed by atoms with Gasteiger partial charge in [-0.1, -0.05) is 34.1 Å². The molecule has 0 aromatic carbocycles. The highest BCUT2D eigenvalue weighted by Crippen LogP contribution is 2.29. The van der Waals surface area contributed by atoms with Crippen LogP contribution >= 0.6 is 0 Å². The van der Waals surface area contributed by atoms with Gasteiger partial charge in [0.05, 0.1) is 0 Å². The minimum absolute atomic E-state index is 0.511. The standard InChI is InChI=1S/C13H29N/c1-8-13(5,6)9-12(4)10-14(7)11(2)3/h11-12H,8-10H2,1-7H3. The van der Waals surface area contributed by atoms with Crippen molar-refractivity contribution in [3.63, 3.8) is 0 Å². The summed E-state index contributed by atoms with van der Waals surface area (Å²) in [4.78, 5) is 2.44. The normalized spacial score (nSPS) is 15.2. The molecule has 1 atom stereocenters. The highest BCUT2D eigenvalue weighted by Gasteiger charge is 2.20. The monoisotopic (exact) mass is 199 g/mol. The summed E-state index contributed by atoms with van der Waals surface area (Å²) < 4.78 is 0. The van der Waals surface area contributed by atoms with E-state index < -0.39 is 0 Å². The SMILES string of the molecule is CCC(C)(C)CC(C)CN(C)C(C)C. The van der Waals surface area contributed by atoms with Gasteiger partial charge < -0.3 is 4.90 Å². The average molecular weight is 199 g/mol. The van der Waals surface area contributed by atoms with E-state index in [2.05, 4.69) is 53.5 Å². The number of rotatable bonds is 6. The summed E-state index contributed by atoms with van der Waals surface area (Å²) in [6.07, 6.45) is 2.61. The zero-order valence-electron chi connectivity index (χ0n) is 11.2. The molecule has 1 heteroatoms. The van der Waals surface area contributed by atoms with Gasteiger partial charge in [0.1, 0.15) is 0 Å². The lowest BCUT2D eigenvalue weighted by Gasteiger charge is -2.30. The van der Waals surface area contributed by atoms with Crippen molar-refractivity contribution in [3.05, 3.63) is 0 Å². The summed E-state index contributed by atoms with van der Waals surface area (Å²) in [5.41, 5.74) is 0.511. The molecule has 1 nitrogen and oxygen atoms in total. The first-order valence-corrected chi connectivity index (χ1v) is 5.98. The average Bonchev–Trinajstić information content (AvgIpc) is 2.02. The Labute approximate surface area is 90.9 Å². The van der Waals surface area contributed by atoms with Gasteiger partial charge in [0.2, 0.25) is 0 Å². The highest BCUT2D eigenvalue weighted by atomic mass is 15.1. The Morgan fingerprint density at radius 3 is 2.00 bits per heavy atom. The second-order valence-electron chi connectivity index (χ2n) is 5.86. The molecule has 0 saturated carbocycles. The molecular formula is C13H29N. The fraction of sp³-hybridized carbons (Fsp3) is 1.00. The van der Waals surface area contributed by atoms with Crippen molar-refractivity contribution in [2.24, 2.45) is 11.3 Å². The summed E-state index contributed by atoms with van der Waals surface area (Å²) in [6, 6.07) is 0.669. The van der Waals surface area contributed by atoms with Crippen LogP contribution in [0.5, 0.6) is 0 Å². The molecule has 0 bridgehead atoms. The molecule has 0 radical (unpaired) electrons. The maximum absolute atomic E-state index is 2.44. The van der Waals surface area contributed by atoms with E-state index in [0.29, 0.717) is 11.5 Å². The zero-order chi connectivity index (χ0) is 11.4. The summed E-state index contributed by atoms with van der Waals surface area (Å²) in [5.74, 6) is 0.803. The van der Waals surface area contributed by atoms with Gasteiger partial charge in [-0.25, -0.2) is 0 Å². The molecule has 0 heterocycles. The van der Waals surface area contributed by atoms with Crippen LogP contribution in [0.25, 0.3) is 0 Å². The highest BCUT2D eigenvalue weighted by molar-refractivity contribution is 4.72. The Morgan fingerprint density at radius 2 is 1.64 bits per heavy atom. The molecule has 0 aliphatic rings. The molecule has 0 fully saturated rings. The molecule has 14 heavy (non-hydrogen) atoms. The molecule has 0 aromatic rings. The molecule has 0 aliphatic carbocycles. The van der Waals surface area contributed by atoms with Crippen LogP contribution in [0.1, 0.15) is 54.4 Å². The number of hydrogen-bond donors (Lipinski definition) is 0. The van der Waals surface area contributed by atoms with Crippen LogP contribution in [0.3, 0.4) is 0 Å². The smallest absolute Gasteiger partial charge is 0.00356 e. The van der Waals surface area contributed by atoms with E-state index in [-0.39, 0.29) is 0 Å². The Hall–Kier alpha value is -0.0400. The van der Waals surface area contributed by atoms with Crippen LogP contribution in [0, 0.1) is 11.3 Å². The molecule has 0 saturated heterocycles. The van der Waals surface area contributed by atoms with Gasteiger partial charge in [0.25, 0.3) is 0 Å². The van der Waals surface area contributed by atoms with E-state index in [0.717, 1.165) is 5.92 Å². The molecule has 86 valence electrons. The van der Waals surface area contributed by atoms with Crippen molar-refractivity contribution >= 4 is 0 Å². The lowest BCUT2D eigenvalue weighted by atomic mass is 9.81. The Morgan fingerprint density at radius 1 is 1.14 bits per heavy atom. The summed E-state index contributed by atoms with van der Waals surface area (Å²) in [6.45, 7) is 15.2.